The molecule has 0 N–H and O–H groups in total. The molecule has 0 bridgehead atoms. The number of Topliss-reactive ketones (excluding diaryl/α,β-unsaturated/α-hetero) is 1. The zero-order valence-electron chi connectivity index (χ0n) is 11.2. The Morgan fingerprint density at radius 2 is 1.94 bits per heavy atom. The zero-order chi connectivity index (χ0) is 12.8. The normalized spacial score (nSPS) is 11.4. The van der Waals surface area contributed by atoms with Gasteiger partial charge in [0.25, 0.3) is 0 Å². The third kappa shape index (κ3) is 5.61. The summed E-state index contributed by atoms with van der Waals surface area (Å²) in [7, 11) is 0. The molecule has 4 nitrogen and oxygen atoms in total. The highest BCUT2D eigenvalue weighted by Gasteiger charge is 2.12. The molecule has 0 fully saturated rings. The van der Waals surface area contributed by atoms with Crippen molar-refractivity contribution >= 4 is 5.78 Å². The molecular weight excluding hydrogens is 216 g/mol. The van der Waals surface area contributed by atoms with Gasteiger partial charge in [-0.1, -0.05) is 32.9 Å². The van der Waals surface area contributed by atoms with Gasteiger partial charge in [0.05, 0.1) is 6.42 Å². The van der Waals surface area contributed by atoms with Crippen LogP contribution in [0.4, 0.5) is 0 Å². The van der Waals surface area contributed by atoms with E-state index in [0.717, 1.165) is 12.8 Å². The first-order valence-corrected chi connectivity index (χ1v) is 6.30. The van der Waals surface area contributed by atoms with E-state index in [4.69, 9.17) is 4.52 Å². The van der Waals surface area contributed by atoms with Crippen molar-refractivity contribution in [1.29, 1.82) is 0 Å². The predicted octanol–water partition coefficient (Wildman–Crippen LogP) is 2.82. The SMILES string of the molecule is CC(C)CCc1noc(CC(=O)CC(C)C)n1. The molecule has 0 atom stereocenters. The maximum absolute atomic E-state index is 11.6. The van der Waals surface area contributed by atoms with Crippen molar-refractivity contribution in [3.8, 4) is 0 Å². The minimum Gasteiger partial charge on any atom is -0.339 e. The predicted molar refractivity (Wildman–Crippen MR) is 65.6 cm³/mol. The van der Waals surface area contributed by atoms with Crippen LogP contribution in [0.1, 0.15) is 52.3 Å². The first-order valence-electron chi connectivity index (χ1n) is 6.30. The van der Waals surface area contributed by atoms with Crippen LogP contribution in [0.3, 0.4) is 0 Å². The Bertz CT molecular complexity index is 356. The van der Waals surface area contributed by atoms with Crippen molar-refractivity contribution in [3.05, 3.63) is 11.7 Å². The van der Waals surface area contributed by atoms with E-state index in [1.807, 2.05) is 13.8 Å². The standard InChI is InChI=1S/C13H22N2O2/c1-9(2)5-6-12-14-13(17-15-12)8-11(16)7-10(3)4/h9-10H,5-8H2,1-4H3. The summed E-state index contributed by atoms with van der Waals surface area (Å²) in [6.07, 6.45) is 2.70. The second kappa shape index (κ2) is 6.52. The summed E-state index contributed by atoms with van der Waals surface area (Å²) in [6.45, 7) is 8.37. The molecule has 0 radical (unpaired) electrons. The average Bonchev–Trinajstić information content (AvgIpc) is 2.61. The number of hydrogen-bond donors (Lipinski definition) is 0. The number of aryl methyl sites for hydroxylation is 1. The van der Waals surface area contributed by atoms with Gasteiger partial charge in [0.15, 0.2) is 5.82 Å². The van der Waals surface area contributed by atoms with E-state index < -0.39 is 0 Å². The van der Waals surface area contributed by atoms with Crippen LogP contribution in [0.2, 0.25) is 0 Å². The summed E-state index contributed by atoms with van der Waals surface area (Å²) in [6, 6.07) is 0. The summed E-state index contributed by atoms with van der Waals surface area (Å²) in [5, 5.41) is 3.88. The summed E-state index contributed by atoms with van der Waals surface area (Å²) in [5.41, 5.74) is 0. The molecule has 0 amide bonds. The number of ketones is 1. The fourth-order valence-corrected chi connectivity index (χ4v) is 1.58. The molecule has 0 spiro atoms. The van der Waals surface area contributed by atoms with E-state index >= 15 is 0 Å². The van der Waals surface area contributed by atoms with Gasteiger partial charge in [-0.05, 0) is 18.3 Å². The summed E-state index contributed by atoms with van der Waals surface area (Å²) in [5.74, 6) is 2.34. The Balaban J connectivity index is 2.42. The van der Waals surface area contributed by atoms with Gasteiger partial charge >= 0.3 is 0 Å². The molecule has 0 aromatic carbocycles. The van der Waals surface area contributed by atoms with Crippen LogP contribution in [-0.2, 0) is 17.6 Å². The molecule has 17 heavy (non-hydrogen) atoms. The van der Waals surface area contributed by atoms with Crippen molar-refractivity contribution in [2.45, 2.75) is 53.4 Å². The molecule has 1 heterocycles. The fourth-order valence-electron chi connectivity index (χ4n) is 1.58. The lowest BCUT2D eigenvalue weighted by Crippen LogP contribution is -2.06. The van der Waals surface area contributed by atoms with E-state index in [1.165, 1.54) is 0 Å². The van der Waals surface area contributed by atoms with Crippen molar-refractivity contribution in [2.75, 3.05) is 0 Å². The minimum atomic E-state index is 0.166. The summed E-state index contributed by atoms with van der Waals surface area (Å²) >= 11 is 0. The molecule has 0 aliphatic heterocycles. The molecule has 1 aromatic heterocycles. The first kappa shape index (κ1) is 13.9. The van der Waals surface area contributed by atoms with E-state index in [0.29, 0.717) is 30.0 Å². The second-order valence-corrected chi connectivity index (χ2v) is 5.35. The van der Waals surface area contributed by atoms with Crippen LogP contribution in [-0.4, -0.2) is 15.9 Å². The lowest BCUT2D eigenvalue weighted by atomic mass is 10.1. The monoisotopic (exact) mass is 238 g/mol. The second-order valence-electron chi connectivity index (χ2n) is 5.35. The molecular formula is C13H22N2O2. The van der Waals surface area contributed by atoms with Crippen molar-refractivity contribution in [1.82, 2.24) is 10.1 Å². The van der Waals surface area contributed by atoms with Gasteiger partial charge in [0.1, 0.15) is 5.78 Å². The molecule has 0 saturated heterocycles. The van der Waals surface area contributed by atoms with Gasteiger partial charge in [0.2, 0.25) is 5.89 Å². The van der Waals surface area contributed by atoms with Crippen LogP contribution in [0.5, 0.6) is 0 Å². The van der Waals surface area contributed by atoms with E-state index in [1.54, 1.807) is 0 Å². The molecule has 1 rings (SSSR count). The molecule has 0 unspecified atom stereocenters. The molecule has 0 saturated carbocycles. The maximum Gasteiger partial charge on any atom is 0.234 e. The smallest absolute Gasteiger partial charge is 0.234 e. The minimum absolute atomic E-state index is 0.166. The molecule has 0 aliphatic carbocycles. The van der Waals surface area contributed by atoms with Crippen molar-refractivity contribution < 1.29 is 9.32 Å². The Morgan fingerprint density at radius 3 is 2.53 bits per heavy atom. The number of aromatic nitrogens is 2. The van der Waals surface area contributed by atoms with Crippen molar-refractivity contribution in [3.63, 3.8) is 0 Å². The zero-order valence-corrected chi connectivity index (χ0v) is 11.2. The summed E-state index contributed by atoms with van der Waals surface area (Å²) in [4.78, 5) is 15.8. The highest BCUT2D eigenvalue weighted by molar-refractivity contribution is 5.80. The van der Waals surface area contributed by atoms with Crippen LogP contribution in [0.15, 0.2) is 4.52 Å². The fraction of sp³-hybridized carbons (Fsp3) is 0.769. The number of rotatable bonds is 7. The van der Waals surface area contributed by atoms with Crippen LogP contribution in [0.25, 0.3) is 0 Å². The first-order chi connectivity index (χ1) is 7.97. The van der Waals surface area contributed by atoms with Gasteiger partial charge in [0, 0.05) is 12.8 Å². The third-order valence-corrected chi connectivity index (χ3v) is 2.44. The average molecular weight is 238 g/mol. The number of hydrogen-bond acceptors (Lipinski definition) is 4. The Kier molecular flexibility index (Phi) is 5.32. The topological polar surface area (TPSA) is 56.0 Å². The van der Waals surface area contributed by atoms with Crippen molar-refractivity contribution in [2.24, 2.45) is 11.8 Å². The van der Waals surface area contributed by atoms with Gasteiger partial charge in [-0.25, -0.2) is 0 Å². The van der Waals surface area contributed by atoms with Gasteiger partial charge in [-0.2, -0.15) is 4.98 Å². The summed E-state index contributed by atoms with van der Waals surface area (Å²) < 4.78 is 5.07. The number of carbonyl (C=O) groups excluding carboxylic acids is 1. The number of carbonyl (C=O) groups is 1. The van der Waals surface area contributed by atoms with Gasteiger partial charge < -0.3 is 4.52 Å². The van der Waals surface area contributed by atoms with E-state index in [9.17, 15) is 4.79 Å². The lowest BCUT2D eigenvalue weighted by Gasteiger charge is -2.00. The van der Waals surface area contributed by atoms with Gasteiger partial charge in [-0.3, -0.25) is 4.79 Å². The molecule has 1 aromatic rings. The highest BCUT2D eigenvalue weighted by atomic mass is 16.5. The Hall–Kier alpha value is -1.19. The van der Waals surface area contributed by atoms with Crippen LogP contribution in [0, 0.1) is 11.8 Å². The van der Waals surface area contributed by atoms with Crippen LogP contribution < -0.4 is 0 Å². The molecule has 96 valence electrons. The van der Waals surface area contributed by atoms with E-state index in [2.05, 4.69) is 24.0 Å². The largest absolute Gasteiger partial charge is 0.339 e. The Labute approximate surface area is 103 Å². The highest BCUT2D eigenvalue weighted by Crippen LogP contribution is 2.08. The Morgan fingerprint density at radius 1 is 1.24 bits per heavy atom. The van der Waals surface area contributed by atoms with E-state index in [-0.39, 0.29) is 12.2 Å². The maximum atomic E-state index is 11.6. The third-order valence-electron chi connectivity index (χ3n) is 2.44. The number of nitrogens with zero attached hydrogens (tertiary/aromatic N) is 2. The lowest BCUT2D eigenvalue weighted by molar-refractivity contribution is -0.119. The molecule has 4 heteroatoms. The van der Waals surface area contributed by atoms with Crippen LogP contribution >= 0.6 is 0 Å². The molecule has 0 aliphatic rings. The van der Waals surface area contributed by atoms with Gasteiger partial charge in [-0.15, -0.1) is 0 Å². The quantitative estimate of drug-likeness (QED) is 0.733.